The van der Waals surface area contributed by atoms with Crippen molar-refractivity contribution in [3.05, 3.63) is 84.1 Å². The van der Waals surface area contributed by atoms with Crippen molar-refractivity contribution < 1.29 is 36.6 Å². The Kier molecular flexibility index (Phi) is 6.33. The summed E-state index contributed by atoms with van der Waals surface area (Å²) in [5, 5.41) is 13.5. The molecule has 1 N–H and O–H groups in total. The molecule has 2 aromatic rings. The van der Waals surface area contributed by atoms with Crippen molar-refractivity contribution in [1.82, 2.24) is 0 Å². The van der Waals surface area contributed by atoms with E-state index >= 15 is 0 Å². The van der Waals surface area contributed by atoms with Gasteiger partial charge in [-0.15, -0.1) is 0 Å². The van der Waals surface area contributed by atoms with Crippen LogP contribution in [0.5, 0.6) is 5.75 Å². The van der Waals surface area contributed by atoms with Gasteiger partial charge in [0.1, 0.15) is 17.3 Å². The van der Waals surface area contributed by atoms with E-state index < -0.39 is 26.1 Å². The molecule has 0 fully saturated rings. The zero-order valence-corrected chi connectivity index (χ0v) is 17.2. The smallest absolute Gasteiger partial charge is 0.497 e. The lowest BCUT2D eigenvalue weighted by Gasteiger charge is -2.20. The first-order valence-corrected chi connectivity index (χ1v) is 10.4. The number of hydrogen-bond donors (Lipinski definition) is 1. The number of esters is 1. The lowest BCUT2D eigenvalue weighted by molar-refractivity contribution is -0.678. The molecule has 0 saturated carbocycles. The Bertz CT molecular complexity index is 1170. The van der Waals surface area contributed by atoms with E-state index in [0.717, 1.165) is 24.1 Å². The quantitative estimate of drug-likeness (QED) is 0.538. The van der Waals surface area contributed by atoms with E-state index in [9.17, 15) is 23.1 Å². The zero-order valence-electron chi connectivity index (χ0n) is 16.4. The molecule has 1 amide bonds. The second-order valence-electron chi connectivity index (χ2n) is 6.32. The summed E-state index contributed by atoms with van der Waals surface area (Å²) in [5.74, 6) is -0.348. The van der Waals surface area contributed by atoms with Gasteiger partial charge < -0.3 is 14.6 Å². The molecule has 0 bridgehead atoms. The largest absolute Gasteiger partial charge is 0.562 e. The highest BCUT2D eigenvalue weighted by molar-refractivity contribution is 7.86. The second-order valence-corrected chi connectivity index (χ2v) is 8.30. The molecule has 3 rings (SSSR count). The molecule has 0 aliphatic carbocycles. The third kappa shape index (κ3) is 4.39. The van der Waals surface area contributed by atoms with Crippen molar-refractivity contribution >= 4 is 28.3 Å². The van der Waals surface area contributed by atoms with Crippen LogP contribution >= 0.6 is 0 Å². The van der Waals surface area contributed by atoms with Crippen LogP contribution in [-0.2, 0) is 26.2 Å². The maximum absolute atomic E-state index is 13.1. The van der Waals surface area contributed by atoms with Crippen molar-refractivity contribution in [3.8, 4) is 5.75 Å². The van der Waals surface area contributed by atoms with Crippen LogP contribution in [0.3, 0.4) is 0 Å². The molecule has 10 heteroatoms. The fraction of sp³-hybridized carbons (Fsp3) is 0.0952. The molecular formula is C21H19N2O7S+. The minimum Gasteiger partial charge on any atom is -0.497 e. The maximum Gasteiger partial charge on any atom is 0.562 e. The lowest BCUT2D eigenvalue weighted by atomic mass is 10.2. The Labute approximate surface area is 178 Å². The molecular weight excluding hydrogens is 424 g/mol. The fourth-order valence-electron chi connectivity index (χ4n) is 2.70. The number of methoxy groups -OCH3 is 1. The van der Waals surface area contributed by atoms with E-state index in [2.05, 4.69) is 5.10 Å². The van der Waals surface area contributed by atoms with Crippen molar-refractivity contribution in [2.75, 3.05) is 7.11 Å². The number of quaternary nitrogens is 1. The van der Waals surface area contributed by atoms with Gasteiger partial charge in [0.15, 0.2) is 6.20 Å². The molecule has 0 radical (unpaired) electrons. The number of hydrogen-bond acceptors (Lipinski definition) is 7. The Morgan fingerprint density at radius 2 is 1.74 bits per heavy atom. The van der Waals surface area contributed by atoms with Crippen molar-refractivity contribution in [1.29, 1.82) is 0 Å². The molecule has 1 aliphatic heterocycles. The van der Waals surface area contributed by atoms with E-state index in [-0.39, 0.29) is 17.1 Å². The number of sulfonamides is 1. The van der Waals surface area contributed by atoms with Gasteiger partial charge in [0.05, 0.1) is 18.9 Å². The van der Waals surface area contributed by atoms with Gasteiger partial charge in [-0.3, -0.25) is 0 Å². The Balaban J connectivity index is 1.88. The van der Waals surface area contributed by atoms with Crippen LogP contribution in [0.1, 0.15) is 5.56 Å². The number of carboxylic acid groups (broad SMARTS) is 1. The van der Waals surface area contributed by atoms with E-state index in [1.165, 1.54) is 37.5 Å². The standard InChI is InChI=1S/C21H18N2O7S/c1-29-18-7-9-19(10-8-18)31(27,28)23(21(25)26)14-12-17(11-13-22-23)20(24)30-15-16-5-3-2-4-6-16/h2-14H,15H2,1H3/p+1. The number of allylic oxidation sites excluding steroid dienone is 1. The van der Waals surface area contributed by atoms with Crippen molar-refractivity contribution in [2.45, 2.75) is 11.5 Å². The molecule has 1 heterocycles. The number of ether oxygens (including phenoxy) is 2. The fourth-order valence-corrected chi connectivity index (χ4v) is 4.10. The van der Waals surface area contributed by atoms with Crippen LogP contribution in [0.2, 0.25) is 0 Å². The van der Waals surface area contributed by atoms with Gasteiger partial charge in [-0.25, -0.2) is 4.79 Å². The summed E-state index contributed by atoms with van der Waals surface area (Å²) in [4.78, 5) is 24.1. The molecule has 9 nitrogen and oxygen atoms in total. The van der Waals surface area contributed by atoms with Crippen LogP contribution in [0, 0.1) is 0 Å². The number of carbonyl (C=O) groups excluding carboxylic acids is 1. The highest BCUT2D eigenvalue weighted by atomic mass is 32.2. The van der Waals surface area contributed by atoms with Crippen molar-refractivity contribution in [2.24, 2.45) is 5.10 Å². The molecule has 0 spiro atoms. The van der Waals surface area contributed by atoms with Crippen LogP contribution < -0.4 is 4.74 Å². The summed E-state index contributed by atoms with van der Waals surface area (Å²) in [6.07, 6.45) is 2.25. The highest BCUT2D eigenvalue weighted by Crippen LogP contribution is 2.29. The predicted octanol–water partition coefficient (Wildman–Crippen LogP) is 3.06. The number of nitrogens with zero attached hydrogens (tertiary/aromatic N) is 2. The van der Waals surface area contributed by atoms with Gasteiger partial charge >= 0.3 is 22.1 Å². The van der Waals surface area contributed by atoms with E-state index in [1.807, 2.05) is 6.07 Å². The Morgan fingerprint density at radius 1 is 1.06 bits per heavy atom. The first-order chi connectivity index (χ1) is 14.8. The number of amides is 1. The third-order valence-corrected chi connectivity index (χ3v) is 6.37. The number of rotatable bonds is 6. The zero-order chi connectivity index (χ0) is 22.5. The minimum atomic E-state index is -4.56. The Hall–Kier alpha value is -3.76. The highest BCUT2D eigenvalue weighted by Gasteiger charge is 2.51. The average molecular weight is 443 g/mol. The summed E-state index contributed by atoms with van der Waals surface area (Å²) >= 11 is 0. The average Bonchev–Trinajstić information content (AvgIpc) is 3.03. The third-order valence-electron chi connectivity index (χ3n) is 4.39. The molecule has 0 saturated heterocycles. The maximum atomic E-state index is 13.1. The number of benzene rings is 2. The van der Waals surface area contributed by atoms with Crippen LogP contribution in [0.25, 0.3) is 0 Å². The normalized spacial score (nSPS) is 18.0. The van der Waals surface area contributed by atoms with E-state index in [0.29, 0.717) is 5.75 Å². The van der Waals surface area contributed by atoms with E-state index in [4.69, 9.17) is 9.47 Å². The molecule has 1 unspecified atom stereocenters. The predicted molar refractivity (Wildman–Crippen MR) is 110 cm³/mol. The summed E-state index contributed by atoms with van der Waals surface area (Å²) < 4.78 is 34.7. The topological polar surface area (TPSA) is 119 Å². The van der Waals surface area contributed by atoms with Gasteiger partial charge in [0, 0.05) is 10.1 Å². The van der Waals surface area contributed by atoms with Gasteiger partial charge in [-0.2, -0.15) is 13.2 Å². The monoisotopic (exact) mass is 443 g/mol. The van der Waals surface area contributed by atoms with Gasteiger partial charge in [-0.05, 0) is 35.9 Å². The van der Waals surface area contributed by atoms with Crippen LogP contribution in [0.15, 0.2) is 88.5 Å². The molecule has 0 aromatic heterocycles. The molecule has 1 atom stereocenters. The number of carbonyl (C=O) groups is 2. The first-order valence-electron chi connectivity index (χ1n) is 8.98. The van der Waals surface area contributed by atoms with Crippen LogP contribution in [0.4, 0.5) is 4.79 Å². The first kappa shape index (κ1) is 21.9. The summed E-state index contributed by atoms with van der Waals surface area (Å²) in [7, 11) is -3.15. The van der Waals surface area contributed by atoms with Gasteiger partial charge in [0.25, 0.3) is 0 Å². The van der Waals surface area contributed by atoms with Crippen LogP contribution in [-0.4, -0.2) is 42.9 Å². The molecule has 1 aliphatic rings. The van der Waals surface area contributed by atoms with E-state index in [1.54, 1.807) is 24.3 Å². The molecule has 31 heavy (non-hydrogen) atoms. The second kappa shape index (κ2) is 8.94. The molecule has 2 aromatic carbocycles. The lowest BCUT2D eigenvalue weighted by Crippen LogP contribution is -2.47. The van der Waals surface area contributed by atoms with Gasteiger partial charge in [0.2, 0.25) is 0 Å². The summed E-state index contributed by atoms with van der Waals surface area (Å²) in [6.45, 7) is 0.00503. The molecule has 160 valence electrons. The SMILES string of the molecule is COc1ccc(S(=O)(=O)[N+]2(C(=O)O)C=CC(C(=O)OCc3ccccc3)=CC=N2)cc1. The minimum absolute atomic E-state index is 0.00503. The summed E-state index contributed by atoms with van der Waals surface area (Å²) in [6, 6.07) is 14.2. The van der Waals surface area contributed by atoms with Crippen molar-refractivity contribution in [3.63, 3.8) is 0 Å². The summed E-state index contributed by atoms with van der Waals surface area (Å²) in [5.41, 5.74) is 0.714. The van der Waals surface area contributed by atoms with Gasteiger partial charge in [-0.1, -0.05) is 35.4 Å². The Morgan fingerprint density at radius 3 is 2.35 bits per heavy atom.